The summed E-state index contributed by atoms with van der Waals surface area (Å²) in [5.74, 6) is 1.56. The van der Waals surface area contributed by atoms with Gasteiger partial charge in [0.2, 0.25) is 0 Å². The number of fused-ring (bicyclic) bond motifs is 2. The monoisotopic (exact) mass is 644 g/mol. The highest BCUT2D eigenvalue weighted by Crippen LogP contribution is 2.40. The first kappa shape index (κ1) is 31.2. The van der Waals surface area contributed by atoms with Crippen LogP contribution in [0.15, 0.2) is 110 Å². The summed E-state index contributed by atoms with van der Waals surface area (Å²) in [5, 5.41) is 5.82. The molecule has 0 saturated carbocycles. The van der Waals surface area contributed by atoms with Crippen LogP contribution in [0.4, 0.5) is 9.59 Å². The Hall–Kier alpha value is -5.38. The van der Waals surface area contributed by atoms with Crippen molar-refractivity contribution in [3.05, 3.63) is 144 Å². The minimum Gasteiger partial charge on any atom is -0.438 e. The Balaban J connectivity index is 0.802. The second kappa shape index (κ2) is 14.6. The van der Waals surface area contributed by atoms with E-state index in [0.717, 1.165) is 37.3 Å². The number of rotatable bonds is 12. The van der Waals surface area contributed by atoms with E-state index in [1.165, 1.54) is 22.3 Å². The number of carbonyl (C=O) groups excluding carboxylic acids is 2. The molecular formula is C38H40N6O4. The van der Waals surface area contributed by atoms with Crippen LogP contribution in [0.25, 0.3) is 0 Å². The summed E-state index contributed by atoms with van der Waals surface area (Å²) in [4.78, 5) is 34.2. The highest BCUT2D eigenvalue weighted by Gasteiger charge is 2.36. The summed E-state index contributed by atoms with van der Waals surface area (Å²) in [6, 6.07) is 29.1. The molecule has 48 heavy (non-hydrogen) atoms. The van der Waals surface area contributed by atoms with Crippen molar-refractivity contribution in [2.45, 2.75) is 62.8 Å². The maximum absolute atomic E-state index is 12.6. The zero-order chi connectivity index (χ0) is 32.7. The van der Waals surface area contributed by atoms with Crippen molar-refractivity contribution >= 4 is 12.2 Å². The van der Waals surface area contributed by atoms with Gasteiger partial charge in [-0.25, -0.2) is 19.6 Å². The van der Waals surface area contributed by atoms with Crippen molar-refractivity contribution in [2.75, 3.05) is 13.1 Å². The summed E-state index contributed by atoms with van der Waals surface area (Å²) >= 11 is 0. The maximum Gasteiger partial charge on any atom is 0.407 e. The Kier molecular flexibility index (Phi) is 9.49. The van der Waals surface area contributed by atoms with Gasteiger partial charge in [0.05, 0.1) is 12.1 Å². The number of ether oxygens (including phenoxy) is 2. The Morgan fingerprint density at radius 1 is 0.646 bits per heavy atom. The van der Waals surface area contributed by atoms with Gasteiger partial charge in [-0.1, -0.05) is 84.9 Å². The van der Waals surface area contributed by atoms with E-state index in [1.807, 2.05) is 48.8 Å². The van der Waals surface area contributed by atoms with E-state index in [9.17, 15) is 9.59 Å². The summed E-state index contributed by atoms with van der Waals surface area (Å²) in [7, 11) is 0. The normalized spacial score (nSPS) is 19.3. The molecule has 10 nitrogen and oxygen atoms in total. The fraction of sp³-hybridized carbons (Fsp3) is 0.316. The van der Waals surface area contributed by atoms with E-state index in [-0.39, 0.29) is 24.3 Å². The number of hydrogen-bond donors (Lipinski definition) is 2. The number of alkyl carbamates (subject to hydrolysis) is 2. The highest BCUT2D eigenvalue weighted by atomic mass is 16.6. The molecule has 0 saturated heterocycles. The number of hydrogen-bond acceptors (Lipinski definition) is 6. The van der Waals surface area contributed by atoms with E-state index in [0.29, 0.717) is 25.9 Å². The van der Waals surface area contributed by atoms with E-state index < -0.39 is 12.2 Å². The van der Waals surface area contributed by atoms with Crippen LogP contribution in [0.3, 0.4) is 0 Å². The molecule has 5 aromatic rings. The number of benzene rings is 3. The summed E-state index contributed by atoms with van der Waals surface area (Å²) in [5.41, 5.74) is 4.77. The molecule has 0 spiro atoms. The number of nitrogens with one attached hydrogen (secondary N) is 2. The van der Waals surface area contributed by atoms with Gasteiger partial charge in [0, 0.05) is 50.7 Å². The van der Waals surface area contributed by atoms with Gasteiger partial charge in [0.15, 0.2) is 23.9 Å². The standard InChI is InChI=1S/C38H40N6O4/c45-37(47-33-25-31(29-14-3-1-4-15-29)43-22-20-39-35(33)43)41-18-8-12-27-10-7-11-28(24-27)13-9-19-42-38(46)48-34-26-32(30-16-5-2-6-17-30)44-23-21-40-36(34)44/h1-7,10-11,14-17,20-24,31-34H,8-9,12-13,18-19,25-26H2,(H,41,45)(H,42,46)/t31-,32-,33-,34-/m1/s1. The Morgan fingerprint density at radius 3 is 1.56 bits per heavy atom. The molecule has 2 N–H and O–H groups in total. The second-order valence-corrected chi connectivity index (χ2v) is 12.4. The molecule has 4 atom stereocenters. The lowest BCUT2D eigenvalue weighted by molar-refractivity contribution is 0.0940. The molecule has 0 unspecified atom stereocenters. The largest absolute Gasteiger partial charge is 0.438 e. The third-order valence-corrected chi connectivity index (χ3v) is 9.20. The van der Waals surface area contributed by atoms with Gasteiger partial charge in [-0.2, -0.15) is 0 Å². The number of aryl methyl sites for hydroxylation is 2. The predicted octanol–water partition coefficient (Wildman–Crippen LogP) is 6.87. The molecule has 0 bridgehead atoms. The van der Waals surface area contributed by atoms with E-state index in [1.54, 1.807) is 12.4 Å². The molecule has 0 radical (unpaired) electrons. The summed E-state index contributed by atoms with van der Waals surface area (Å²) in [6.07, 6.45) is 10.4. The number of carbonyl (C=O) groups is 2. The van der Waals surface area contributed by atoms with E-state index in [4.69, 9.17) is 9.47 Å². The van der Waals surface area contributed by atoms with Crippen molar-refractivity contribution in [1.29, 1.82) is 0 Å². The number of nitrogens with zero attached hydrogens (tertiary/aromatic N) is 4. The molecular weight excluding hydrogens is 604 g/mol. The zero-order valence-electron chi connectivity index (χ0n) is 26.8. The third kappa shape index (κ3) is 7.12. The van der Waals surface area contributed by atoms with Crippen LogP contribution in [0.1, 0.15) is 83.9 Å². The Morgan fingerprint density at radius 2 is 1.10 bits per heavy atom. The van der Waals surface area contributed by atoms with Crippen LogP contribution >= 0.6 is 0 Å². The van der Waals surface area contributed by atoms with Crippen molar-refractivity contribution in [3.8, 4) is 0 Å². The smallest absolute Gasteiger partial charge is 0.407 e. The highest BCUT2D eigenvalue weighted by molar-refractivity contribution is 5.68. The molecule has 0 fully saturated rings. The van der Waals surface area contributed by atoms with Crippen molar-refractivity contribution in [2.24, 2.45) is 0 Å². The van der Waals surface area contributed by atoms with Crippen LogP contribution < -0.4 is 10.6 Å². The Bertz CT molecular complexity index is 1690. The Labute approximate surface area is 280 Å². The minimum atomic E-state index is -0.419. The van der Waals surface area contributed by atoms with Crippen LogP contribution in [-0.2, 0) is 22.3 Å². The van der Waals surface area contributed by atoms with Crippen LogP contribution in [0.2, 0.25) is 0 Å². The fourth-order valence-corrected chi connectivity index (χ4v) is 6.91. The van der Waals surface area contributed by atoms with Gasteiger partial charge in [0.25, 0.3) is 0 Å². The molecule has 4 heterocycles. The van der Waals surface area contributed by atoms with Crippen molar-refractivity contribution < 1.29 is 19.1 Å². The second-order valence-electron chi connectivity index (χ2n) is 12.4. The van der Waals surface area contributed by atoms with Gasteiger partial charge in [-0.15, -0.1) is 0 Å². The first-order chi connectivity index (χ1) is 23.6. The van der Waals surface area contributed by atoms with Gasteiger partial charge in [-0.3, -0.25) is 0 Å². The lowest BCUT2D eigenvalue weighted by Gasteiger charge is -2.14. The number of aromatic nitrogens is 4. The molecule has 10 heteroatoms. The lowest BCUT2D eigenvalue weighted by atomic mass is 10.0. The topological polar surface area (TPSA) is 112 Å². The molecule has 2 aromatic heterocycles. The number of imidazole rings is 2. The van der Waals surface area contributed by atoms with Crippen molar-refractivity contribution in [3.63, 3.8) is 0 Å². The average Bonchev–Trinajstić information content (AvgIpc) is 3.91. The van der Waals surface area contributed by atoms with Crippen LogP contribution in [-0.4, -0.2) is 44.4 Å². The lowest BCUT2D eigenvalue weighted by Crippen LogP contribution is -2.27. The molecule has 3 aromatic carbocycles. The fourth-order valence-electron chi connectivity index (χ4n) is 6.91. The minimum absolute atomic E-state index is 0.106. The molecule has 2 amide bonds. The molecule has 2 aliphatic heterocycles. The summed E-state index contributed by atoms with van der Waals surface area (Å²) < 4.78 is 15.8. The molecule has 7 rings (SSSR count). The average molecular weight is 645 g/mol. The zero-order valence-corrected chi connectivity index (χ0v) is 26.8. The van der Waals surface area contributed by atoms with E-state index >= 15 is 0 Å². The van der Waals surface area contributed by atoms with Gasteiger partial charge in [0.1, 0.15) is 0 Å². The third-order valence-electron chi connectivity index (χ3n) is 9.20. The van der Waals surface area contributed by atoms with Gasteiger partial charge >= 0.3 is 12.2 Å². The molecule has 246 valence electrons. The van der Waals surface area contributed by atoms with Crippen LogP contribution in [0.5, 0.6) is 0 Å². The number of amides is 2. The van der Waals surface area contributed by atoms with Crippen molar-refractivity contribution in [1.82, 2.24) is 29.7 Å². The molecule has 2 aliphatic rings. The predicted molar refractivity (Wildman–Crippen MR) is 180 cm³/mol. The molecule has 0 aliphatic carbocycles. The first-order valence-electron chi connectivity index (χ1n) is 16.7. The van der Waals surface area contributed by atoms with Crippen LogP contribution in [0, 0.1) is 0 Å². The van der Waals surface area contributed by atoms with Gasteiger partial charge in [-0.05, 0) is 47.9 Å². The van der Waals surface area contributed by atoms with Gasteiger partial charge < -0.3 is 29.2 Å². The SMILES string of the molecule is O=C(NCCCc1cccc(CCCNC(=O)O[C@@H]2C[C@H](c3ccccc3)n3ccnc32)c1)O[C@@H]1C[C@H](c2ccccc2)n2ccnc21. The maximum atomic E-state index is 12.6. The summed E-state index contributed by atoms with van der Waals surface area (Å²) in [6.45, 7) is 1.04. The quantitative estimate of drug-likeness (QED) is 0.144. The first-order valence-corrected chi connectivity index (χ1v) is 16.7. The van der Waals surface area contributed by atoms with E-state index in [2.05, 4.69) is 78.3 Å².